The molecule has 1 amide bonds. The lowest BCUT2D eigenvalue weighted by Crippen LogP contribution is -2.49. The van der Waals surface area contributed by atoms with E-state index < -0.39 is 0 Å². The number of piperidine rings is 1. The highest BCUT2D eigenvalue weighted by molar-refractivity contribution is 5.94. The lowest BCUT2D eigenvalue weighted by atomic mass is 9.99. The largest absolute Gasteiger partial charge is 0.381 e. The summed E-state index contributed by atoms with van der Waals surface area (Å²) in [6.45, 7) is 3.85. The van der Waals surface area contributed by atoms with Crippen molar-refractivity contribution in [3.63, 3.8) is 0 Å². The third kappa shape index (κ3) is 4.33. The summed E-state index contributed by atoms with van der Waals surface area (Å²) < 4.78 is 5.45. The van der Waals surface area contributed by atoms with Gasteiger partial charge in [-0.25, -0.2) is 0 Å². The molecule has 8 heteroatoms. The number of hydrogen-bond acceptors (Lipinski definition) is 6. The molecule has 4 rings (SSSR count). The second-order valence-corrected chi connectivity index (χ2v) is 7.31. The van der Waals surface area contributed by atoms with Gasteiger partial charge >= 0.3 is 0 Å². The Hall–Kier alpha value is -2.32. The van der Waals surface area contributed by atoms with E-state index in [4.69, 9.17) is 4.74 Å². The molecule has 144 valence electrons. The first-order chi connectivity index (χ1) is 13.2. The van der Waals surface area contributed by atoms with Crippen LogP contribution in [0.15, 0.2) is 24.3 Å². The van der Waals surface area contributed by atoms with E-state index in [0.717, 1.165) is 57.6 Å². The van der Waals surface area contributed by atoms with Crippen LogP contribution in [0.4, 0.5) is 0 Å². The summed E-state index contributed by atoms with van der Waals surface area (Å²) in [4.78, 5) is 16.5. The molecule has 1 N–H and O–H groups in total. The number of aryl methyl sites for hydroxylation is 1. The predicted molar refractivity (Wildman–Crippen MR) is 100 cm³/mol. The average molecular weight is 370 g/mol. The third-order valence-electron chi connectivity index (χ3n) is 5.49. The van der Waals surface area contributed by atoms with Crippen LogP contribution in [0, 0.1) is 0 Å². The first kappa shape index (κ1) is 18.1. The van der Waals surface area contributed by atoms with Crippen molar-refractivity contribution in [3.05, 3.63) is 29.8 Å². The van der Waals surface area contributed by atoms with Crippen molar-refractivity contribution in [2.75, 3.05) is 26.3 Å². The zero-order valence-electron chi connectivity index (χ0n) is 15.7. The van der Waals surface area contributed by atoms with Gasteiger partial charge in [0.25, 0.3) is 5.91 Å². The van der Waals surface area contributed by atoms with Crippen LogP contribution in [0.1, 0.15) is 36.0 Å². The highest BCUT2D eigenvalue weighted by atomic mass is 16.5. The van der Waals surface area contributed by atoms with Crippen molar-refractivity contribution >= 4 is 5.91 Å². The number of aromatic nitrogens is 4. The summed E-state index contributed by atoms with van der Waals surface area (Å²) in [6.07, 6.45) is 4.27. The van der Waals surface area contributed by atoms with Crippen molar-refractivity contribution in [3.8, 4) is 11.4 Å². The number of tetrazole rings is 1. The average Bonchev–Trinajstić information content (AvgIpc) is 3.16. The van der Waals surface area contributed by atoms with Crippen LogP contribution in [0.25, 0.3) is 11.4 Å². The molecule has 0 atom stereocenters. The lowest BCUT2D eigenvalue weighted by Gasteiger charge is -2.39. The maximum absolute atomic E-state index is 12.6. The fourth-order valence-corrected chi connectivity index (χ4v) is 3.90. The molecule has 2 fully saturated rings. The standard InChI is InChI=1S/C19H26N6O2/c1-24-22-18(21-23-24)14-2-4-15(5-3-14)19(26)20-16-6-10-25(11-7-16)17-8-12-27-13-9-17/h2-5,16-17H,6-13H2,1H3,(H,20,26). The second-order valence-electron chi connectivity index (χ2n) is 7.31. The summed E-state index contributed by atoms with van der Waals surface area (Å²) in [5.41, 5.74) is 1.51. The zero-order chi connectivity index (χ0) is 18.6. The minimum Gasteiger partial charge on any atom is -0.381 e. The number of benzene rings is 1. The summed E-state index contributed by atoms with van der Waals surface area (Å²) in [6, 6.07) is 8.25. The molecular weight excluding hydrogens is 344 g/mol. The molecule has 3 heterocycles. The Morgan fingerprint density at radius 3 is 2.44 bits per heavy atom. The van der Waals surface area contributed by atoms with Gasteiger partial charge in [0.15, 0.2) is 0 Å². The van der Waals surface area contributed by atoms with E-state index in [1.165, 1.54) is 4.80 Å². The number of amides is 1. The Balaban J connectivity index is 1.29. The molecule has 0 radical (unpaired) electrons. The molecular formula is C19H26N6O2. The third-order valence-corrected chi connectivity index (χ3v) is 5.49. The molecule has 2 aliphatic rings. The van der Waals surface area contributed by atoms with Crippen LogP contribution >= 0.6 is 0 Å². The smallest absolute Gasteiger partial charge is 0.251 e. The first-order valence-corrected chi connectivity index (χ1v) is 9.66. The monoisotopic (exact) mass is 370 g/mol. The Morgan fingerprint density at radius 1 is 1.11 bits per heavy atom. The van der Waals surface area contributed by atoms with E-state index in [1.54, 1.807) is 7.05 Å². The van der Waals surface area contributed by atoms with Crippen LogP contribution in [0.5, 0.6) is 0 Å². The second kappa shape index (κ2) is 8.14. The molecule has 2 aromatic rings. The van der Waals surface area contributed by atoms with Crippen molar-refractivity contribution in [1.29, 1.82) is 0 Å². The molecule has 27 heavy (non-hydrogen) atoms. The van der Waals surface area contributed by atoms with Crippen LogP contribution in [-0.2, 0) is 11.8 Å². The van der Waals surface area contributed by atoms with Crippen LogP contribution in [-0.4, -0.2) is 69.4 Å². The molecule has 0 saturated carbocycles. The topological polar surface area (TPSA) is 85.2 Å². The highest BCUT2D eigenvalue weighted by Gasteiger charge is 2.27. The van der Waals surface area contributed by atoms with E-state index in [0.29, 0.717) is 17.4 Å². The number of rotatable bonds is 4. The number of likely N-dealkylation sites (tertiary alicyclic amines) is 1. The van der Waals surface area contributed by atoms with Crippen LogP contribution < -0.4 is 5.32 Å². The van der Waals surface area contributed by atoms with Crippen molar-refractivity contribution in [1.82, 2.24) is 30.4 Å². The molecule has 0 unspecified atom stereocenters. The SMILES string of the molecule is Cn1nnc(-c2ccc(C(=O)NC3CCN(C4CCOCC4)CC3)cc2)n1. The minimum atomic E-state index is -0.0156. The first-order valence-electron chi connectivity index (χ1n) is 9.66. The predicted octanol–water partition coefficient (Wildman–Crippen LogP) is 1.25. The Bertz CT molecular complexity index is 761. The summed E-state index contributed by atoms with van der Waals surface area (Å²) in [5.74, 6) is 0.545. The number of hydrogen-bond donors (Lipinski definition) is 1. The fraction of sp³-hybridized carbons (Fsp3) is 0.579. The Labute approximate surface area is 158 Å². The summed E-state index contributed by atoms with van der Waals surface area (Å²) in [7, 11) is 1.73. The highest BCUT2D eigenvalue weighted by Crippen LogP contribution is 2.20. The van der Waals surface area contributed by atoms with Gasteiger partial charge in [-0.3, -0.25) is 4.79 Å². The minimum absolute atomic E-state index is 0.0156. The molecule has 0 bridgehead atoms. The van der Waals surface area contributed by atoms with Gasteiger partial charge in [0.1, 0.15) is 0 Å². The van der Waals surface area contributed by atoms with Gasteiger partial charge < -0.3 is 15.0 Å². The number of ether oxygens (including phenoxy) is 1. The van der Waals surface area contributed by atoms with Gasteiger partial charge in [0.2, 0.25) is 5.82 Å². The Morgan fingerprint density at radius 2 is 1.81 bits per heavy atom. The normalized spacial score (nSPS) is 19.9. The molecule has 8 nitrogen and oxygen atoms in total. The van der Waals surface area contributed by atoms with E-state index in [-0.39, 0.29) is 11.9 Å². The molecule has 2 saturated heterocycles. The van der Waals surface area contributed by atoms with E-state index >= 15 is 0 Å². The molecule has 0 aliphatic carbocycles. The molecule has 0 spiro atoms. The molecule has 1 aromatic heterocycles. The zero-order valence-corrected chi connectivity index (χ0v) is 15.7. The van der Waals surface area contributed by atoms with E-state index in [2.05, 4.69) is 25.6 Å². The van der Waals surface area contributed by atoms with Gasteiger partial charge in [-0.2, -0.15) is 4.80 Å². The summed E-state index contributed by atoms with van der Waals surface area (Å²) >= 11 is 0. The number of nitrogens with one attached hydrogen (secondary N) is 1. The van der Waals surface area contributed by atoms with Gasteiger partial charge in [-0.1, -0.05) is 12.1 Å². The maximum Gasteiger partial charge on any atom is 0.251 e. The summed E-state index contributed by atoms with van der Waals surface area (Å²) in [5, 5.41) is 15.2. The van der Waals surface area contributed by atoms with Gasteiger partial charge in [0.05, 0.1) is 7.05 Å². The van der Waals surface area contributed by atoms with Crippen molar-refractivity contribution in [2.45, 2.75) is 37.8 Å². The van der Waals surface area contributed by atoms with Crippen molar-refractivity contribution in [2.24, 2.45) is 7.05 Å². The van der Waals surface area contributed by atoms with Crippen LogP contribution in [0.2, 0.25) is 0 Å². The van der Waals surface area contributed by atoms with Crippen molar-refractivity contribution < 1.29 is 9.53 Å². The fourth-order valence-electron chi connectivity index (χ4n) is 3.90. The Kier molecular flexibility index (Phi) is 5.45. The molecule has 1 aromatic carbocycles. The van der Waals surface area contributed by atoms with E-state index in [1.807, 2.05) is 24.3 Å². The van der Waals surface area contributed by atoms with Crippen LogP contribution in [0.3, 0.4) is 0 Å². The number of carbonyl (C=O) groups excluding carboxylic acids is 1. The maximum atomic E-state index is 12.6. The molecule has 2 aliphatic heterocycles. The van der Waals surface area contributed by atoms with E-state index in [9.17, 15) is 4.79 Å². The van der Waals surface area contributed by atoms with Gasteiger partial charge in [-0.05, 0) is 43.0 Å². The number of carbonyl (C=O) groups is 1. The van der Waals surface area contributed by atoms with Gasteiger partial charge in [0, 0.05) is 49.5 Å². The quantitative estimate of drug-likeness (QED) is 0.872. The van der Waals surface area contributed by atoms with Gasteiger partial charge in [-0.15, -0.1) is 10.2 Å². The number of nitrogens with zero attached hydrogens (tertiary/aromatic N) is 5. The lowest BCUT2D eigenvalue weighted by molar-refractivity contribution is 0.0238.